The summed E-state index contributed by atoms with van der Waals surface area (Å²) in [7, 11) is 0. The Morgan fingerprint density at radius 3 is 2.38 bits per heavy atom. The lowest BCUT2D eigenvalue weighted by atomic mass is 9.72. The maximum absolute atomic E-state index is 12.6. The zero-order valence-corrected chi connectivity index (χ0v) is 17.0. The number of rotatable bonds is 7. The number of carbonyl (C=O) groups excluding carboxylic acids is 1. The summed E-state index contributed by atoms with van der Waals surface area (Å²) in [4.78, 5) is 21.5. The molecule has 1 aliphatic heterocycles. The standard InChI is InChI=1S/C22H31N3O4/c1-17-21(28)19(20(27)15-22(17,29)18-5-3-2-4-6-18)16-23-7-8-24-9-11-25(12-10-24)13-14-26/h2-6,16-17,26,28-29H,7-15H2,1H3. The van der Waals surface area contributed by atoms with Gasteiger partial charge in [0.25, 0.3) is 0 Å². The molecule has 0 bridgehead atoms. The molecule has 2 aliphatic rings. The molecule has 1 fully saturated rings. The highest BCUT2D eigenvalue weighted by atomic mass is 16.3. The van der Waals surface area contributed by atoms with Gasteiger partial charge in [-0.3, -0.25) is 19.6 Å². The van der Waals surface area contributed by atoms with Gasteiger partial charge in [0, 0.05) is 57.8 Å². The van der Waals surface area contributed by atoms with Crippen molar-refractivity contribution < 1.29 is 20.1 Å². The Balaban J connectivity index is 1.59. The number of aliphatic hydroxyl groups is 3. The van der Waals surface area contributed by atoms with Crippen LogP contribution in [0.3, 0.4) is 0 Å². The van der Waals surface area contributed by atoms with E-state index in [2.05, 4.69) is 14.8 Å². The van der Waals surface area contributed by atoms with Gasteiger partial charge in [0.1, 0.15) is 11.4 Å². The van der Waals surface area contributed by atoms with Gasteiger partial charge in [0.05, 0.1) is 18.7 Å². The van der Waals surface area contributed by atoms with Crippen LogP contribution in [-0.4, -0.2) is 89.5 Å². The second-order valence-corrected chi connectivity index (χ2v) is 7.85. The molecule has 2 unspecified atom stereocenters. The molecular weight excluding hydrogens is 370 g/mol. The van der Waals surface area contributed by atoms with E-state index in [1.54, 1.807) is 19.1 Å². The Morgan fingerprint density at radius 2 is 1.76 bits per heavy atom. The second-order valence-electron chi connectivity index (χ2n) is 7.85. The van der Waals surface area contributed by atoms with Gasteiger partial charge in [-0.25, -0.2) is 0 Å². The fraction of sp³-hybridized carbons (Fsp3) is 0.545. The van der Waals surface area contributed by atoms with Crippen LogP contribution < -0.4 is 0 Å². The molecule has 3 rings (SSSR count). The minimum atomic E-state index is -1.41. The maximum Gasteiger partial charge on any atom is 0.171 e. The molecule has 1 aromatic carbocycles. The Bertz CT molecular complexity index is 757. The first-order valence-electron chi connectivity index (χ1n) is 10.3. The number of nitrogens with zero attached hydrogens (tertiary/aromatic N) is 3. The number of aliphatic imine (C=N–C) groups is 1. The highest BCUT2D eigenvalue weighted by Crippen LogP contribution is 2.41. The molecule has 158 valence electrons. The first-order valence-corrected chi connectivity index (χ1v) is 10.3. The first kappa shape index (κ1) is 21.6. The molecular formula is C22H31N3O4. The van der Waals surface area contributed by atoms with E-state index in [9.17, 15) is 15.0 Å². The molecule has 29 heavy (non-hydrogen) atoms. The second kappa shape index (κ2) is 9.63. The van der Waals surface area contributed by atoms with Crippen LogP contribution in [0.1, 0.15) is 18.9 Å². The van der Waals surface area contributed by atoms with E-state index < -0.39 is 11.5 Å². The Hall–Kier alpha value is -2.06. The average Bonchev–Trinajstić information content (AvgIpc) is 2.73. The Kier molecular flexibility index (Phi) is 7.18. The summed E-state index contributed by atoms with van der Waals surface area (Å²) in [5, 5.41) is 30.7. The number of aliphatic hydroxyl groups excluding tert-OH is 2. The fourth-order valence-corrected chi connectivity index (χ4v) is 4.05. The lowest BCUT2D eigenvalue weighted by Crippen LogP contribution is -2.47. The molecule has 1 heterocycles. The molecule has 0 spiro atoms. The largest absolute Gasteiger partial charge is 0.511 e. The number of β-amino-alcohol motifs (C(OH)–C–C–N with tert-alkyl or cyclic N) is 1. The van der Waals surface area contributed by atoms with Crippen LogP contribution in [0.25, 0.3) is 0 Å². The number of allylic oxidation sites excluding steroid dienone is 1. The van der Waals surface area contributed by atoms with E-state index in [1.165, 1.54) is 6.21 Å². The Labute approximate surface area is 172 Å². The predicted molar refractivity (Wildman–Crippen MR) is 112 cm³/mol. The van der Waals surface area contributed by atoms with E-state index in [-0.39, 0.29) is 30.1 Å². The molecule has 7 nitrogen and oxygen atoms in total. The highest BCUT2D eigenvalue weighted by molar-refractivity contribution is 6.14. The van der Waals surface area contributed by atoms with Crippen molar-refractivity contribution in [2.45, 2.75) is 18.9 Å². The number of hydrogen-bond acceptors (Lipinski definition) is 7. The van der Waals surface area contributed by atoms with E-state index in [1.807, 2.05) is 18.2 Å². The smallest absolute Gasteiger partial charge is 0.171 e. The van der Waals surface area contributed by atoms with Crippen molar-refractivity contribution in [1.29, 1.82) is 0 Å². The van der Waals surface area contributed by atoms with Crippen molar-refractivity contribution in [3.63, 3.8) is 0 Å². The fourth-order valence-electron chi connectivity index (χ4n) is 4.05. The summed E-state index contributed by atoms with van der Waals surface area (Å²) < 4.78 is 0. The number of ketones is 1. The van der Waals surface area contributed by atoms with Gasteiger partial charge >= 0.3 is 0 Å². The summed E-state index contributed by atoms with van der Waals surface area (Å²) in [6, 6.07) is 9.02. The summed E-state index contributed by atoms with van der Waals surface area (Å²) in [5.41, 5.74) is -0.580. The van der Waals surface area contributed by atoms with E-state index >= 15 is 0 Å². The summed E-state index contributed by atoms with van der Waals surface area (Å²) in [6.45, 7) is 7.70. The summed E-state index contributed by atoms with van der Waals surface area (Å²) in [5.74, 6) is -0.994. The quantitative estimate of drug-likeness (QED) is 0.590. The van der Waals surface area contributed by atoms with Gasteiger partial charge in [0.2, 0.25) is 0 Å². The third-order valence-electron chi connectivity index (χ3n) is 6.05. The number of benzene rings is 1. The lowest BCUT2D eigenvalue weighted by molar-refractivity contribution is -0.125. The average molecular weight is 402 g/mol. The van der Waals surface area contributed by atoms with Crippen LogP contribution in [0.2, 0.25) is 0 Å². The van der Waals surface area contributed by atoms with Crippen molar-refractivity contribution >= 4 is 12.0 Å². The highest BCUT2D eigenvalue weighted by Gasteiger charge is 2.45. The SMILES string of the molecule is CC1C(O)=C(C=NCCN2CCN(CCO)CC2)C(=O)CC1(O)c1ccccc1. The van der Waals surface area contributed by atoms with Crippen LogP contribution in [0.15, 0.2) is 46.7 Å². The minimum absolute atomic E-state index is 0.0730. The third-order valence-corrected chi connectivity index (χ3v) is 6.05. The van der Waals surface area contributed by atoms with Crippen LogP contribution in [-0.2, 0) is 10.4 Å². The van der Waals surface area contributed by atoms with Crippen LogP contribution in [0.5, 0.6) is 0 Å². The van der Waals surface area contributed by atoms with Gasteiger partial charge in [-0.05, 0) is 5.56 Å². The van der Waals surface area contributed by atoms with E-state index in [0.717, 1.165) is 39.3 Å². The Morgan fingerprint density at radius 1 is 1.14 bits per heavy atom. The molecule has 0 aromatic heterocycles. The van der Waals surface area contributed by atoms with Gasteiger partial charge in [-0.1, -0.05) is 37.3 Å². The topological polar surface area (TPSA) is 96.6 Å². The number of Topliss-reactive ketones (excluding diaryl/α,β-unsaturated/α-hetero) is 1. The molecule has 1 saturated heterocycles. The summed E-state index contributed by atoms with van der Waals surface area (Å²) >= 11 is 0. The molecule has 2 atom stereocenters. The zero-order valence-electron chi connectivity index (χ0n) is 17.0. The van der Waals surface area contributed by atoms with Crippen molar-refractivity contribution in [3.05, 3.63) is 47.2 Å². The van der Waals surface area contributed by atoms with Gasteiger partial charge in [0.15, 0.2) is 5.78 Å². The third kappa shape index (κ3) is 4.93. The number of carbonyl (C=O) groups is 1. The number of piperazine rings is 1. The van der Waals surface area contributed by atoms with Crippen molar-refractivity contribution in [2.75, 3.05) is 52.4 Å². The molecule has 0 amide bonds. The monoisotopic (exact) mass is 401 g/mol. The van der Waals surface area contributed by atoms with Gasteiger partial charge < -0.3 is 15.3 Å². The van der Waals surface area contributed by atoms with Crippen LogP contribution >= 0.6 is 0 Å². The predicted octanol–water partition coefficient (Wildman–Crippen LogP) is 0.976. The zero-order chi connectivity index (χ0) is 20.9. The molecule has 0 radical (unpaired) electrons. The minimum Gasteiger partial charge on any atom is -0.511 e. The normalized spacial score (nSPS) is 27.1. The molecule has 7 heteroatoms. The van der Waals surface area contributed by atoms with E-state index in [4.69, 9.17) is 5.11 Å². The van der Waals surface area contributed by atoms with Gasteiger partial charge in [-0.15, -0.1) is 0 Å². The van der Waals surface area contributed by atoms with Gasteiger partial charge in [-0.2, -0.15) is 0 Å². The molecule has 0 saturated carbocycles. The van der Waals surface area contributed by atoms with Crippen LogP contribution in [0, 0.1) is 5.92 Å². The molecule has 1 aromatic rings. The number of hydrogen-bond donors (Lipinski definition) is 3. The van der Waals surface area contributed by atoms with E-state index in [0.29, 0.717) is 12.1 Å². The van der Waals surface area contributed by atoms with Crippen molar-refractivity contribution in [2.24, 2.45) is 10.9 Å². The van der Waals surface area contributed by atoms with Crippen molar-refractivity contribution in [3.8, 4) is 0 Å². The lowest BCUT2D eigenvalue weighted by Gasteiger charge is -2.37. The maximum atomic E-state index is 12.6. The molecule has 3 N–H and O–H groups in total. The van der Waals surface area contributed by atoms with Crippen molar-refractivity contribution in [1.82, 2.24) is 9.80 Å². The summed E-state index contributed by atoms with van der Waals surface area (Å²) in [6.07, 6.45) is 1.39. The first-order chi connectivity index (χ1) is 14.0. The molecule has 1 aliphatic carbocycles. The van der Waals surface area contributed by atoms with Crippen LogP contribution in [0.4, 0.5) is 0 Å².